The van der Waals surface area contributed by atoms with Gasteiger partial charge in [-0.05, 0) is 18.9 Å². The van der Waals surface area contributed by atoms with E-state index in [4.69, 9.17) is 9.47 Å². The van der Waals surface area contributed by atoms with Crippen molar-refractivity contribution in [2.24, 2.45) is 5.41 Å². The number of esters is 2. The van der Waals surface area contributed by atoms with E-state index in [1.807, 2.05) is 36.4 Å². The fraction of sp³-hybridized carbons (Fsp3) is 0.353. The second-order valence-corrected chi connectivity index (χ2v) is 5.09. The van der Waals surface area contributed by atoms with Gasteiger partial charge < -0.3 is 9.47 Å². The number of benzene rings is 1. The molecule has 0 saturated carbocycles. The monoisotopic (exact) mass is 299 g/mol. The lowest BCUT2D eigenvalue weighted by molar-refractivity contribution is -0.151. The summed E-state index contributed by atoms with van der Waals surface area (Å²) >= 11 is 0. The summed E-state index contributed by atoms with van der Waals surface area (Å²) in [5.41, 5.74) is -0.0613. The van der Waals surface area contributed by atoms with Gasteiger partial charge in [-0.15, -0.1) is 0 Å². The van der Waals surface area contributed by atoms with Gasteiger partial charge in [0.15, 0.2) is 5.41 Å². The minimum atomic E-state index is -1.29. The van der Waals surface area contributed by atoms with Crippen molar-refractivity contribution in [2.75, 3.05) is 6.61 Å². The van der Waals surface area contributed by atoms with Gasteiger partial charge in [-0.2, -0.15) is 5.26 Å². The number of nitriles is 1. The van der Waals surface area contributed by atoms with Gasteiger partial charge >= 0.3 is 11.9 Å². The molecule has 0 spiro atoms. The van der Waals surface area contributed by atoms with E-state index in [1.165, 1.54) is 0 Å². The molecule has 2 rings (SSSR count). The Labute approximate surface area is 129 Å². The van der Waals surface area contributed by atoms with Crippen LogP contribution in [0.3, 0.4) is 0 Å². The van der Waals surface area contributed by atoms with E-state index in [1.54, 1.807) is 13.0 Å². The molecular formula is C17H17NO4. The molecule has 1 aromatic rings. The van der Waals surface area contributed by atoms with Crippen molar-refractivity contribution in [3.05, 3.63) is 47.5 Å². The Morgan fingerprint density at radius 2 is 2.00 bits per heavy atom. The Bertz CT molecular complexity index is 630. The van der Waals surface area contributed by atoms with Gasteiger partial charge in [0.2, 0.25) is 0 Å². The third-order valence-corrected chi connectivity index (χ3v) is 3.54. The molecule has 0 fully saturated rings. The Hall–Kier alpha value is -2.61. The van der Waals surface area contributed by atoms with Gasteiger partial charge in [-0.3, -0.25) is 4.79 Å². The van der Waals surface area contributed by atoms with E-state index in [0.717, 1.165) is 5.56 Å². The van der Waals surface area contributed by atoms with Crippen molar-refractivity contribution in [2.45, 2.75) is 26.4 Å². The van der Waals surface area contributed by atoms with Crippen LogP contribution in [0.25, 0.3) is 0 Å². The molecule has 0 saturated heterocycles. The van der Waals surface area contributed by atoms with Crippen LogP contribution in [-0.2, 0) is 25.7 Å². The van der Waals surface area contributed by atoms with Crippen LogP contribution < -0.4 is 0 Å². The summed E-state index contributed by atoms with van der Waals surface area (Å²) in [6, 6.07) is 11.3. The highest BCUT2D eigenvalue weighted by Gasteiger charge is 2.45. The summed E-state index contributed by atoms with van der Waals surface area (Å²) in [5.74, 6) is -1.08. The number of rotatable bonds is 5. The minimum Gasteiger partial charge on any atom is -0.465 e. The largest absolute Gasteiger partial charge is 0.465 e. The lowest BCUT2D eigenvalue weighted by Crippen LogP contribution is -2.29. The van der Waals surface area contributed by atoms with E-state index in [0.29, 0.717) is 5.57 Å². The number of hydrogen-bond acceptors (Lipinski definition) is 5. The molecule has 0 aliphatic heterocycles. The molecule has 1 unspecified atom stereocenters. The molecular weight excluding hydrogens is 282 g/mol. The summed E-state index contributed by atoms with van der Waals surface area (Å²) in [4.78, 5) is 24.0. The van der Waals surface area contributed by atoms with E-state index in [2.05, 4.69) is 0 Å². The van der Waals surface area contributed by atoms with Crippen LogP contribution in [0, 0.1) is 16.7 Å². The SMILES string of the molecule is CCOC(=O)C1(C#N)CC=C(C(=O)OCc2ccccc2)C1. The zero-order chi connectivity index (χ0) is 16.0. The molecule has 1 aliphatic rings. The number of hydrogen-bond donors (Lipinski definition) is 0. The standard InChI is InChI=1S/C17H17NO4/c1-2-21-16(20)17(12-18)9-8-14(10-17)15(19)22-11-13-6-4-3-5-7-13/h3-8H,2,9-11H2,1H3. The van der Waals surface area contributed by atoms with E-state index in [9.17, 15) is 14.9 Å². The smallest absolute Gasteiger partial charge is 0.334 e. The zero-order valence-corrected chi connectivity index (χ0v) is 12.4. The molecule has 1 aliphatic carbocycles. The Kier molecular flexibility index (Phi) is 4.95. The number of carbonyl (C=O) groups is 2. The number of nitrogens with zero attached hydrogens (tertiary/aromatic N) is 1. The molecule has 114 valence electrons. The Balaban J connectivity index is 1.95. The lowest BCUT2D eigenvalue weighted by Gasteiger charge is -2.18. The highest BCUT2D eigenvalue weighted by atomic mass is 16.5. The quantitative estimate of drug-likeness (QED) is 0.781. The van der Waals surface area contributed by atoms with Gasteiger partial charge in [0.05, 0.1) is 12.7 Å². The summed E-state index contributed by atoms with van der Waals surface area (Å²) in [6.45, 7) is 2.05. The third kappa shape index (κ3) is 3.34. The van der Waals surface area contributed by atoms with Crippen molar-refractivity contribution in [1.82, 2.24) is 0 Å². The normalized spacial score (nSPS) is 19.9. The molecule has 1 aromatic carbocycles. The summed E-state index contributed by atoms with van der Waals surface area (Å²) in [6.07, 6.45) is 1.81. The van der Waals surface area contributed by atoms with Crippen LogP contribution in [0.5, 0.6) is 0 Å². The highest BCUT2D eigenvalue weighted by Crippen LogP contribution is 2.38. The van der Waals surface area contributed by atoms with Crippen LogP contribution in [0.2, 0.25) is 0 Å². The molecule has 5 heteroatoms. The van der Waals surface area contributed by atoms with Crippen LogP contribution in [0.15, 0.2) is 42.0 Å². The number of carbonyl (C=O) groups excluding carboxylic acids is 2. The van der Waals surface area contributed by atoms with Gasteiger partial charge in [0, 0.05) is 12.0 Å². The van der Waals surface area contributed by atoms with Crippen LogP contribution in [0.4, 0.5) is 0 Å². The maximum atomic E-state index is 12.1. The maximum absolute atomic E-state index is 12.1. The average Bonchev–Trinajstić information content (AvgIpc) is 3.00. The fourth-order valence-electron chi connectivity index (χ4n) is 2.29. The first-order valence-electron chi connectivity index (χ1n) is 7.10. The Morgan fingerprint density at radius 1 is 1.27 bits per heavy atom. The molecule has 0 radical (unpaired) electrons. The van der Waals surface area contributed by atoms with Crippen molar-refractivity contribution < 1.29 is 19.1 Å². The third-order valence-electron chi connectivity index (χ3n) is 3.54. The van der Waals surface area contributed by atoms with Crippen LogP contribution >= 0.6 is 0 Å². The van der Waals surface area contributed by atoms with E-state index in [-0.39, 0.29) is 26.1 Å². The molecule has 1 atom stereocenters. The highest BCUT2D eigenvalue weighted by molar-refractivity contribution is 5.92. The molecule has 0 bridgehead atoms. The van der Waals surface area contributed by atoms with Gasteiger partial charge in [-0.25, -0.2) is 4.79 Å². The summed E-state index contributed by atoms with van der Waals surface area (Å²) in [5, 5.41) is 9.28. The topological polar surface area (TPSA) is 76.4 Å². The predicted molar refractivity (Wildman–Crippen MR) is 78.2 cm³/mol. The second-order valence-electron chi connectivity index (χ2n) is 5.09. The van der Waals surface area contributed by atoms with Crippen LogP contribution in [0.1, 0.15) is 25.3 Å². The van der Waals surface area contributed by atoms with Gasteiger partial charge in [0.1, 0.15) is 6.61 Å². The molecule has 5 nitrogen and oxygen atoms in total. The van der Waals surface area contributed by atoms with E-state index >= 15 is 0 Å². The van der Waals surface area contributed by atoms with Crippen molar-refractivity contribution in [3.63, 3.8) is 0 Å². The molecule has 0 amide bonds. The summed E-state index contributed by atoms with van der Waals surface area (Å²) < 4.78 is 10.2. The first-order valence-corrected chi connectivity index (χ1v) is 7.10. The van der Waals surface area contributed by atoms with Crippen LogP contribution in [-0.4, -0.2) is 18.5 Å². The first kappa shape index (κ1) is 15.8. The number of ether oxygens (including phenoxy) is 2. The number of allylic oxidation sites excluding steroid dienone is 1. The lowest BCUT2D eigenvalue weighted by atomic mass is 9.86. The van der Waals surface area contributed by atoms with Gasteiger partial charge in [-0.1, -0.05) is 36.4 Å². The Morgan fingerprint density at radius 3 is 2.64 bits per heavy atom. The minimum absolute atomic E-state index is 0.0377. The predicted octanol–water partition coefficient (Wildman–Crippen LogP) is 2.52. The van der Waals surface area contributed by atoms with E-state index < -0.39 is 17.4 Å². The molecule has 0 aromatic heterocycles. The molecule has 0 N–H and O–H groups in total. The maximum Gasteiger partial charge on any atom is 0.334 e. The fourth-order valence-corrected chi connectivity index (χ4v) is 2.29. The zero-order valence-electron chi connectivity index (χ0n) is 12.4. The van der Waals surface area contributed by atoms with Crippen molar-refractivity contribution >= 4 is 11.9 Å². The van der Waals surface area contributed by atoms with Crippen molar-refractivity contribution in [3.8, 4) is 6.07 Å². The molecule has 0 heterocycles. The first-order chi connectivity index (χ1) is 10.6. The van der Waals surface area contributed by atoms with Crippen molar-refractivity contribution in [1.29, 1.82) is 5.26 Å². The molecule has 22 heavy (non-hydrogen) atoms. The van der Waals surface area contributed by atoms with Gasteiger partial charge in [0.25, 0.3) is 0 Å². The second kappa shape index (κ2) is 6.90. The average molecular weight is 299 g/mol. The summed E-state index contributed by atoms with van der Waals surface area (Å²) in [7, 11) is 0.